The lowest BCUT2D eigenvalue weighted by Crippen LogP contribution is -2.38. The molecule has 0 fully saturated rings. The molecule has 0 aliphatic rings. The van der Waals surface area contributed by atoms with Crippen molar-refractivity contribution >= 4 is 12.1 Å². The van der Waals surface area contributed by atoms with Crippen molar-refractivity contribution in [2.24, 2.45) is 5.92 Å². The van der Waals surface area contributed by atoms with Gasteiger partial charge < -0.3 is 24.2 Å². The zero-order valence-corrected chi connectivity index (χ0v) is 33.2. The molecule has 8 heteroatoms. The minimum atomic E-state index is -0.564. The van der Waals surface area contributed by atoms with E-state index >= 15 is 0 Å². The third kappa shape index (κ3) is 31.1. The highest BCUT2D eigenvalue weighted by Crippen LogP contribution is 2.20. The van der Waals surface area contributed by atoms with E-state index in [1.54, 1.807) is 0 Å². The van der Waals surface area contributed by atoms with Crippen LogP contribution in [-0.4, -0.2) is 92.2 Å². The van der Waals surface area contributed by atoms with E-state index in [9.17, 15) is 14.7 Å². The van der Waals surface area contributed by atoms with Gasteiger partial charge in [-0.25, -0.2) is 4.79 Å². The number of carbonyl (C=O) groups is 2. The molecular formula is C41H82N2O6. The predicted molar refractivity (Wildman–Crippen MR) is 205 cm³/mol. The Morgan fingerprint density at radius 1 is 0.551 bits per heavy atom. The van der Waals surface area contributed by atoms with Crippen LogP contribution in [-0.2, 0) is 19.0 Å². The average Bonchev–Trinajstić information content (AvgIpc) is 3.10. The molecule has 1 N–H and O–H groups in total. The SMILES string of the molecule is CCCCCCCC(CCCC)COC(=O)CCCCCCCCCC(CCCCCC)OC(=O)OCCN(CCO)CCN(CC)CC. The van der Waals surface area contributed by atoms with Crippen LogP contribution in [0.15, 0.2) is 0 Å². The van der Waals surface area contributed by atoms with Crippen molar-refractivity contribution < 1.29 is 28.9 Å². The van der Waals surface area contributed by atoms with Crippen molar-refractivity contribution in [3.63, 3.8) is 0 Å². The summed E-state index contributed by atoms with van der Waals surface area (Å²) in [6.07, 6.45) is 25.2. The number of aliphatic hydroxyl groups is 1. The molecule has 0 aliphatic heterocycles. The third-order valence-electron chi connectivity index (χ3n) is 9.88. The van der Waals surface area contributed by atoms with Crippen LogP contribution in [0.5, 0.6) is 0 Å². The van der Waals surface area contributed by atoms with Crippen LogP contribution in [0.2, 0.25) is 0 Å². The maximum Gasteiger partial charge on any atom is 0.508 e. The molecule has 49 heavy (non-hydrogen) atoms. The zero-order chi connectivity index (χ0) is 36.2. The van der Waals surface area contributed by atoms with E-state index in [-0.39, 0.29) is 25.3 Å². The van der Waals surface area contributed by atoms with Gasteiger partial charge in [0.15, 0.2) is 0 Å². The first-order chi connectivity index (χ1) is 23.9. The normalized spacial score (nSPS) is 12.8. The Labute approximate surface area is 303 Å². The van der Waals surface area contributed by atoms with Crippen LogP contribution in [0.1, 0.15) is 182 Å². The molecule has 2 atom stereocenters. The van der Waals surface area contributed by atoms with Gasteiger partial charge in [0, 0.05) is 32.6 Å². The highest BCUT2D eigenvalue weighted by Gasteiger charge is 2.17. The standard InChI is InChI=1S/C41H82N2O6/c1-6-11-14-19-22-27-38(26-13-8-3)37-48-40(45)30-25-21-18-16-17-20-24-29-39(28-23-15-12-7-2)49-41(46)47-36-34-43(33-35-44)32-31-42(9-4)10-5/h38-39,44H,6-37H2,1-5H3. The maximum atomic E-state index is 12.6. The van der Waals surface area contributed by atoms with Gasteiger partial charge in [-0.1, -0.05) is 131 Å². The Hall–Kier alpha value is -1.38. The Morgan fingerprint density at radius 3 is 1.65 bits per heavy atom. The molecule has 2 unspecified atom stereocenters. The van der Waals surface area contributed by atoms with E-state index in [2.05, 4.69) is 44.4 Å². The van der Waals surface area contributed by atoms with Crippen LogP contribution in [0.25, 0.3) is 0 Å². The summed E-state index contributed by atoms with van der Waals surface area (Å²) in [5, 5.41) is 9.44. The van der Waals surface area contributed by atoms with Gasteiger partial charge >= 0.3 is 12.1 Å². The lowest BCUT2D eigenvalue weighted by molar-refractivity contribution is -0.145. The van der Waals surface area contributed by atoms with Gasteiger partial charge in [0.2, 0.25) is 0 Å². The van der Waals surface area contributed by atoms with Crippen molar-refractivity contribution in [1.82, 2.24) is 9.80 Å². The molecule has 0 spiro atoms. The van der Waals surface area contributed by atoms with E-state index in [1.807, 2.05) is 0 Å². The molecule has 0 saturated carbocycles. The molecule has 8 nitrogen and oxygen atoms in total. The number of aliphatic hydroxyl groups excluding tert-OH is 1. The molecule has 0 saturated heterocycles. The van der Waals surface area contributed by atoms with Gasteiger partial charge in [0.25, 0.3) is 0 Å². The smallest absolute Gasteiger partial charge is 0.465 e. The van der Waals surface area contributed by atoms with Crippen LogP contribution >= 0.6 is 0 Å². The number of hydrogen-bond acceptors (Lipinski definition) is 8. The summed E-state index contributed by atoms with van der Waals surface area (Å²) >= 11 is 0. The maximum absolute atomic E-state index is 12.6. The van der Waals surface area contributed by atoms with E-state index in [1.165, 1.54) is 89.9 Å². The van der Waals surface area contributed by atoms with E-state index < -0.39 is 6.16 Å². The van der Waals surface area contributed by atoms with Gasteiger partial charge in [-0.3, -0.25) is 9.69 Å². The van der Waals surface area contributed by atoms with Gasteiger partial charge in [0.1, 0.15) is 12.7 Å². The molecule has 292 valence electrons. The minimum Gasteiger partial charge on any atom is -0.465 e. The fraction of sp³-hybridized carbons (Fsp3) is 0.951. The summed E-state index contributed by atoms with van der Waals surface area (Å²) < 4.78 is 17.0. The number of rotatable bonds is 37. The Kier molecular flexibility index (Phi) is 35.4. The van der Waals surface area contributed by atoms with Gasteiger partial charge in [-0.2, -0.15) is 0 Å². The molecular weight excluding hydrogens is 616 g/mol. The largest absolute Gasteiger partial charge is 0.508 e. The monoisotopic (exact) mass is 699 g/mol. The van der Waals surface area contributed by atoms with Crippen molar-refractivity contribution in [2.45, 2.75) is 188 Å². The number of unbranched alkanes of at least 4 members (excludes halogenated alkanes) is 14. The van der Waals surface area contributed by atoms with E-state index in [4.69, 9.17) is 14.2 Å². The Bertz CT molecular complexity index is 720. The first-order valence-electron chi connectivity index (χ1n) is 21.0. The first kappa shape index (κ1) is 47.6. The Morgan fingerprint density at radius 2 is 1.06 bits per heavy atom. The number of ether oxygens (including phenoxy) is 3. The molecule has 0 bridgehead atoms. The summed E-state index contributed by atoms with van der Waals surface area (Å²) in [5.74, 6) is 0.507. The van der Waals surface area contributed by atoms with Crippen LogP contribution < -0.4 is 0 Å². The van der Waals surface area contributed by atoms with Gasteiger partial charge in [-0.15, -0.1) is 0 Å². The lowest BCUT2D eigenvalue weighted by atomic mass is 9.96. The second-order valence-corrected chi connectivity index (χ2v) is 14.2. The Balaban J connectivity index is 4.26. The highest BCUT2D eigenvalue weighted by molar-refractivity contribution is 5.69. The van der Waals surface area contributed by atoms with E-state index in [0.29, 0.717) is 32.0 Å². The summed E-state index contributed by atoms with van der Waals surface area (Å²) in [4.78, 5) is 29.4. The predicted octanol–water partition coefficient (Wildman–Crippen LogP) is 10.3. The second kappa shape index (κ2) is 36.4. The third-order valence-corrected chi connectivity index (χ3v) is 9.88. The van der Waals surface area contributed by atoms with Crippen molar-refractivity contribution in [2.75, 3.05) is 59.1 Å². The highest BCUT2D eigenvalue weighted by atomic mass is 16.7. The fourth-order valence-corrected chi connectivity index (χ4v) is 6.44. The van der Waals surface area contributed by atoms with Crippen molar-refractivity contribution in [3.8, 4) is 0 Å². The summed E-state index contributed by atoms with van der Waals surface area (Å²) in [6, 6.07) is 0. The number of likely N-dealkylation sites (N-methyl/N-ethyl adjacent to an activating group) is 1. The fourth-order valence-electron chi connectivity index (χ4n) is 6.44. The number of carbonyl (C=O) groups excluding carboxylic acids is 2. The molecule has 0 radical (unpaired) electrons. The summed E-state index contributed by atoms with van der Waals surface area (Å²) in [7, 11) is 0. The summed E-state index contributed by atoms with van der Waals surface area (Å²) in [6.45, 7) is 16.9. The molecule has 0 aromatic heterocycles. The van der Waals surface area contributed by atoms with Crippen molar-refractivity contribution in [3.05, 3.63) is 0 Å². The molecule has 0 aliphatic carbocycles. The lowest BCUT2D eigenvalue weighted by Gasteiger charge is -2.25. The zero-order valence-electron chi connectivity index (χ0n) is 33.2. The number of hydrogen-bond donors (Lipinski definition) is 1. The average molecular weight is 699 g/mol. The number of esters is 1. The van der Waals surface area contributed by atoms with Crippen LogP contribution in [0, 0.1) is 5.92 Å². The van der Waals surface area contributed by atoms with Crippen molar-refractivity contribution in [1.29, 1.82) is 0 Å². The first-order valence-corrected chi connectivity index (χ1v) is 21.0. The van der Waals surface area contributed by atoms with Gasteiger partial charge in [-0.05, 0) is 64.0 Å². The van der Waals surface area contributed by atoms with E-state index in [0.717, 1.165) is 77.5 Å². The quantitative estimate of drug-likeness (QED) is 0.0507. The van der Waals surface area contributed by atoms with Gasteiger partial charge in [0.05, 0.1) is 13.2 Å². The molecule has 0 heterocycles. The molecule has 0 rings (SSSR count). The second-order valence-electron chi connectivity index (χ2n) is 14.2. The molecule has 0 amide bonds. The minimum absolute atomic E-state index is 0.0197. The summed E-state index contributed by atoms with van der Waals surface area (Å²) in [5.41, 5.74) is 0. The van der Waals surface area contributed by atoms with Crippen LogP contribution in [0.4, 0.5) is 4.79 Å². The molecule has 0 aromatic rings. The number of nitrogens with zero attached hydrogens (tertiary/aromatic N) is 2. The van der Waals surface area contributed by atoms with Crippen LogP contribution in [0.3, 0.4) is 0 Å². The topological polar surface area (TPSA) is 88.5 Å². The molecule has 0 aromatic carbocycles.